The lowest BCUT2D eigenvalue weighted by atomic mass is 10.2. The number of rotatable bonds is 7. The van der Waals surface area contributed by atoms with E-state index < -0.39 is 0 Å². The Morgan fingerprint density at radius 3 is 2.72 bits per heavy atom. The second-order valence-corrected chi connectivity index (χ2v) is 4.63. The Balaban J connectivity index is 2.54. The van der Waals surface area contributed by atoms with Crippen molar-refractivity contribution in [1.29, 1.82) is 0 Å². The van der Waals surface area contributed by atoms with Crippen LogP contribution in [0.2, 0.25) is 0 Å². The number of nitrogens with one attached hydrogen (secondary N) is 2. The number of hydrogen-bond acceptors (Lipinski definition) is 2. The van der Waals surface area contributed by atoms with Crippen molar-refractivity contribution in [2.45, 2.75) is 32.7 Å². The molecule has 1 aromatic rings. The van der Waals surface area contributed by atoms with Gasteiger partial charge in [-0.3, -0.25) is 4.79 Å². The Morgan fingerprint density at radius 2 is 2.11 bits per heavy atom. The lowest BCUT2D eigenvalue weighted by Crippen LogP contribution is -2.42. The lowest BCUT2D eigenvalue weighted by molar-refractivity contribution is -0.117. The number of halogens is 1. The highest BCUT2D eigenvalue weighted by atomic mass is 35.5. The van der Waals surface area contributed by atoms with Gasteiger partial charge in [0.15, 0.2) is 0 Å². The summed E-state index contributed by atoms with van der Waals surface area (Å²) in [5.74, 6) is 0.205. The summed E-state index contributed by atoms with van der Waals surface area (Å²) in [6.07, 6.45) is 2.15. The predicted octanol–water partition coefficient (Wildman–Crippen LogP) is 2.93. The molecule has 18 heavy (non-hydrogen) atoms. The highest BCUT2D eigenvalue weighted by molar-refractivity contribution is 6.20. The molecular formula is C14H21ClN2O. The third-order valence-electron chi connectivity index (χ3n) is 2.79. The zero-order valence-corrected chi connectivity index (χ0v) is 11.8. The molecular weight excluding hydrogens is 248 g/mol. The molecule has 1 aromatic carbocycles. The number of carbonyl (C=O) groups excluding carboxylic acids is 1. The van der Waals surface area contributed by atoms with Gasteiger partial charge in [-0.25, -0.2) is 0 Å². The molecule has 4 heteroatoms. The first-order valence-electron chi connectivity index (χ1n) is 6.34. The molecule has 0 bridgehead atoms. The van der Waals surface area contributed by atoms with Crippen molar-refractivity contribution in [3.63, 3.8) is 0 Å². The molecule has 0 aliphatic rings. The van der Waals surface area contributed by atoms with Gasteiger partial charge < -0.3 is 10.6 Å². The summed E-state index contributed by atoms with van der Waals surface area (Å²) in [7, 11) is 0. The quantitative estimate of drug-likeness (QED) is 0.590. The summed E-state index contributed by atoms with van der Waals surface area (Å²) < 4.78 is 0. The van der Waals surface area contributed by atoms with Crippen molar-refractivity contribution in [3.8, 4) is 0 Å². The van der Waals surface area contributed by atoms with Gasteiger partial charge in [0.1, 0.15) is 6.04 Å². The molecule has 1 amide bonds. The molecule has 0 spiro atoms. The van der Waals surface area contributed by atoms with Gasteiger partial charge in [0.2, 0.25) is 5.91 Å². The van der Waals surface area contributed by atoms with Crippen LogP contribution in [0.1, 0.15) is 25.3 Å². The largest absolute Gasteiger partial charge is 0.324 e. The van der Waals surface area contributed by atoms with Crippen LogP contribution in [0.15, 0.2) is 24.3 Å². The first kappa shape index (κ1) is 15.0. The summed E-state index contributed by atoms with van der Waals surface area (Å²) >= 11 is 5.82. The molecule has 0 fully saturated rings. The normalized spacial score (nSPS) is 12.2. The van der Waals surface area contributed by atoms with Crippen LogP contribution in [-0.4, -0.2) is 24.4 Å². The van der Waals surface area contributed by atoms with Gasteiger partial charge in [-0.1, -0.05) is 31.5 Å². The van der Waals surface area contributed by atoms with Crippen LogP contribution in [0.25, 0.3) is 0 Å². The van der Waals surface area contributed by atoms with E-state index in [1.807, 2.05) is 31.2 Å². The number of unbranched alkanes of at least 4 members (excludes halogenated alkanes) is 1. The Morgan fingerprint density at radius 1 is 1.39 bits per heavy atom. The molecule has 1 rings (SSSR count). The van der Waals surface area contributed by atoms with Gasteiger partial charge >= 0.3 is 0 Å². The fraction of sp³-hybridized carbons (Fsp3) is 0.500. The monoisotopic (exact) mass is 268 g/mol. The molecule has 1 unspecified atom stereocenters. The number of alkyl halides is 1. The second kappa shape index (κ2) is 8.11. The highest BCUT2D eigenvalue weighted by Gasteiger charge is 2.16. The van der Waals surface area contributed by atoms with Crippen LogP contribution in [-0.2, 0) is 4.79 Å². The second-order valence-electron chi connectivity index (χ2n) is 4.32. The Hall–Kier alpha value is -1.06. The first-order valence-corrected chi connectivity index (χ1v) is 6.88. The smallest absolute Gasteiger partial charge is 0.242 e. The molecule has 0 saturated heterocycles. The summed E-state index contributed by atoms with van der Waals surface area (Å²) in [6.45, 7) is 4.90. The summed E-state index contributed by atoms with van der Waals surface area (Å²) in [6, 6.07) is 7.38. The number of amides is 1. The van der Waals surface area contributed by atoms with Crippen molar-refractivity contribution in [2.75, 3.05) is 17.7 Å². The molecule has 0 radical (unpaired) electrons. The molecule has 0 aliphatic heterocycles. The van der Waals surface area contributed by atoms with Gasteiger partial charge in [0, 0.05) is 11.6 Å². The van der Waals surface area contributed by atoms with Gasteiger partial charge in [-0.2, -0.15) is 0 Å². The van der Waals surface area contributed by atoms with Crippen molar-refractivity contribution in [3.05, 3.63) is 29.8 Å². The topological polar surface area (TPSA) is 41.1 Å². The molecule has 0 aromatic heterocycles. The standard InChI is InChI=1S/C14H21ClN2O/c1-3-4-9-16-13(10-15)14(18)17-12-8-6-5-7-11(12)2/h5-8,13,16H,3-4,9-10H2,1-2H3,(H,17,18). The van der Waals surface area contributed by atoms with E-state index in [1.165, 1.54) is 0 Å². The number of anilines is 1. The molecule has 100 valence electrons. The van der Waals surface area contributed by atoms with E-state index in [-0.39, 0.29) is 17.8 Å². The molecule has 0 aliphatic carbocycles. The fourth-order valence-electron chi connectivity index (χ4n) is 1.60. The maximum atomic E-state index is 12.0. The van der Waals surface area contributed by atoms with E-state index in [4.69, 9.17) is 11.6 Å². The van der Waals surface area contributed by atoms with Crippen LogP contribution in [0.4, 0.5) is 5.69 Å². The van der Waals surface area contributed by atoms with Gasteiger partial charge in [-0.15, -0.1) is 11.6 Å². The average molecular weight is 269 g/mol. The predicted molar refractivity (Wildman–Crippen MR) is 77.2 cm³/mol. The Labute approximate surface area is 114 Å². The van der Waals surface area contributed by atoms with Crippen molar-refractivity contribution < 1.29 is 4.79 Å². The molecule has 0 heterocycles. The maximum absolute atomic E-state index is 12.0. The zero-order valence-electron chi connectivity index (χ0n) is 11.0. The minimum Gasteiger partial charge on any atom is -0.324 e. The molecule has 1 atom stereocenters. The van der Waals surface area contributed by atoms with E-state index >= 15 is 0 Å². The van der Waals surface area contributed by atoms with Gasteiger partial charge in [0.05, 0.1) is 0 Å². The Bertz CT molecular complexity index is 382. The van der Waals surface area contributed by atoms with Crippen molar-refractivity contribution >= 4 is 23.2 Å². The van der Waals surface area contributed by atoms with E-state index in [0.717, 1.165) is 30.6 Å². The van der Waals surface area contributed by atoms with E-state index in [1.54, 1.807) is 0 Å². The minimum absolute atomic E-state index is 0.0737. The van der Waals surface area contributed by atoms with Crippen LogP contribution < -0.4 is 10.6 Å². The van der Waals surface area contributed by atoms with Crippen LogP contribution in [0.5, 0.6) is 0 Å². The van der Waals surface area contributed by atoms with E-state index in [0.29, 0.717) is 0 Å². The third-order valence-corrected chi connectivity index (χ3v) is 3.10. The number of hydrogen-bond donors (Lipinski definition) is 2. The van der Waals surface area contributed by atoms with Gasteiger partial charge in [-0.05, 0) is 31.5 Å². The van der Waals surface area contributed by atoms with E-state index in [2.05, 4.69) is 17.6 Å². The van der Waals surface area contributed by atoms with Crippen LogP contribution in [0, 0.1) is 6.92 Å². The SMILES string of the molecule is CCCCNC(CCl)C(=O)Nc1ccccc1C. The minimum atomic E-state index is -0.335. The fourth-order valence-corrected chi connectivity index (χ4v) is 1.85. The number of carbonyl (C=O) groups is 1. The maximum Gasteiger partial charge on any atom is 0.242 e. The first-order chi connectivity index (χ1) is 8.69. The number of para-hydroxylation sites is 1. The Kier molecular flexibility index (Phi) is 6.76. The summed E-state index contributed by atoms with van der Waals surface area (Å²) in [4.78, 5) is 12.0. The molecule has 3 nitrogen and oxygen atoms in total. The van der Waals surface area contributed by atoms with Crippen molar-refractivity contribution in [2.24, 2.45) is 0 Å². The van der Waals surface area contributed by atoms with Crippen LogP contribution in [0.3, 0.4) is 0 Å². The molecule has 0 saturated carbocycles. The van der Waals surface area contributed by atoms with Crippen LogP contribution >= 0.6 is 11.6 Å². The lowest BCUT2D eigenvalue weighted by Gasteiger charge is -2.16. The average Bonchev–Trinajstić information content (AvgIpc) is 2.37. The number of aryl methyl sites for hydroxylation is 1. The summed E-state index contributed by atoms with van der Waals surface area (Å²) in [5, 5.41) is 6.07. The van der Waals surface area contributed by atoms with Crippen molar-refractivity contribution in [1.82, 2.24) is 5.32 Å². The number of benzene rings is 1. The zero-order chi connectivity index (χ0) is 13.4. The summed E-state index contributed by atoms with van der Waals surface area (Å²) in [5.41, 5.74) is 1.89. The molecule has 2 N–H and O–H groups in total. The highest BCUT2D eigenvalue weighted by Crippen LogP contribution is 2.13. The third kappa shape index (κ3) is 4.67. The van der Waals surface area contributed by atoms with Gasteiger partial charge in [0.25, 0.3) is 0 Å². The van der Waals surface area contributed by atoms with E-state index in [9.17, 15) is 4.79 Å².